The fourth-order valence-electron chi connectivity index (χ4n) is 3.54. The van der Waals surface area contributed by atoms with Gasteiger partial charge in [0.15, 0.2) is 0 Å². The van der Waals surface area contributed by atoms with E-state index < -0.39 is 0 Å². The highest BCUT2D eigenvalue weighted by atomic mass is 35.5. The molecule has 142 valence electrons. The molecule has 0 saturated heterocycles. The number of carbonyl (C=O) groups excluding carboxylic acids is 1. The molecule has 2 heterocycles. The van der Waals surface area contributed by atoms with Gasteiger partial charge in [-0.2, -0.15) is 0 Å². The summed E-state index contributed by atoms with van der Waals surface area (Å²) in [7, 11) is 0. The molecule has 0 spiro atoms. The van der Waals surface area contributed by atoms with Crippen LogP contribution < -0.4 is 15.4 Å². The minimum absolute atomic E-state index is 0.200. The van der Waals surface area contributed by atoms with E-state index in [1.54, 1.807) is 36.1 Å². The number of hydrogen-bond donors (Lipinski definition) is 1. The van der Waals surface area contributed by atoms with Gasteiger partial charge in [-0.3, -0.25) is 14.5 Å². The molecule has 0 atom stereocenters. The molecule has 1 N–H and O–H groups in total. The van der Waals surface area contributed by atoms with Crippen LogP contribution in [0.2, 0.25) is 5.02 Å². The quantitative estimate of drug-likeness (QED) is 0.690. The van der Waals surface area contributed by atoms with Crippen molar-refractivity contribution in [3.63, 3.8) is 0 Å². The Morgan fingerprint density at radius 2 is 1.71 bits per heavy atom. The lowest BCUT2D eigenvalue weighted by Gasteiger charge is -2.39. The summed E-state index contributed by atoms with van der Waals surface area (Å²) in [6.45, 7) is 3.75. The second-order valence-corrected chi connectivity index (χ2v) is 7.11. The van der Waals surface area contributed by atoms with E-state index in [0.717, 1.165) is 11.3 Å². The number of nitrogens with one attached hydrogen (secondary N) is 1. The fraction of sp³-hybridized carbons (Fsp3) is 0.143. The van der Waals surface area contributed by atoms with Crippen molar-refractivity contribution in [2.75, 3.05) is 16.5 Å². The number of aromatic nitrogens is 1. The summed E-state index contributed by atoms with van der Waals surface area (Å²) in [5, 5.41) is 0.332. The molecule has 1 aliphatic rings. The summed E-state index contributed by atoms with van der Waals surface area (Å²) < 4.78 is 13.6. The largest absolute Gasteiger partial charge is 0.324 e. The number of aromatic amines is 1. The molecule has 4 rings (SSSR count). The molecule has 5 nitrogen and oxygen atoms in total. The van der Waals surface area contributed by atoms with Crippen molar-refractivity contribution in [3.8, 4) is 0 Å². The smallest absolute Gasteiger partial charge is 0.263 e. The van der Waals surface area contributed by atoms with E-state index in [4.69, 9.17) is 11.6 Å². The fourth-order valence-corrected chi connectivity index (χ4v) is 3.79. The number of amides is 1. The number of rotatable bonds is 2. The highest BCUT2D eigenvalue weighted by Crippen LogP contribution is 2.40. The van der Waals surface area contributed by atoms with E-state index in [9.17, 15) is 14.0 Å². The summed E-state index contributed by atoms with van der Waals surface area (Å²) in [6.07, 6.45) is 0. The van der Waals surface area contributed by atoms with Gasteiger partial charge in [-0.05, 0) is 55.8 Å². The van der Waals surface area contributed by atoms with Crippen LogP contribution in [0.1, 0.15) is 21.6 Å². The first-order valence-electron chi connectivity index (χ1n) is 8.71. The lowest BCUT2D eigenvalue weighted by atomic mass is 10.0. The third-order valence-corrected chi connectivity index (χ3v) is 5.17. The molecule has 7 heteroatoms. The summed E-state index contributed by atoms with van der Waals surface area (Å²) in [4.78, 5) is 31.0. The number of anilines is 3. The highest BCUT2D eigenvalue weighted by molar-refractivity contribution is 6.36. The predicted molar refractivity (Wildman–Crippen MR) is 108 cm³/mol. The topological polar surface area (TPSA) is 56.4 Å². The Kier molecular flexibility index (Phi) is 4.43. The van der Waals surface area contributed by atoms with E-state index >= 15 is 0 Å². The minimum atomic E-state index is -0.325. The van der Waals surface area contributed by atoms with Crippen molar-refractivity contribution in [2.45, 2.75) is 13.8 Å². The molecule has 0 saturated carbocycles. The average Bonchev–Trinajstić information content (AvgIpc) is 2.63. The molecular formula is C21H17ClFN3O2. The molecule has 0 fully saturated rings. The molecule has 0 bridgehead atoms. The normalized spacial score (nSPS) is 13.6. The van der Waals surface area contributed by atoms with Crippen molar-refractivity contribution in [1.82, 2.24) is 4.98 Å². The second-order valence-electron chi connectivity index (χ2n) is 6.70. The Balaban J connectivity index is 1.92. The third kappa shape index (κ3) is 2.96. The molecule has 1 aliphatic heterocycles. The molecular weight excluding hydrogens is 381 g/mol. The first-order valence-corrected chi connectivity index (χ1v) is 9.08. The van der Waals surface area contributed by atoms with Gasteiger partial charge in [0, 0.05) is 17.4 Å². The maximum Gasteiger partial charge on any atom is 0.263 e. The molecule has 0 aliphatic carbocycles. The Hall–Kier alpha value is -3.12. The van der Waals surface area contributed by atoms with Crippen LogP contribution in [0, 0.1) is 19.7 Å². The maximum atomic E-state index is 13.6. The SMILES string of the molecule is Cc1cc(F)ccc1N1CN(c2ccc(=O)[nH]c2C)C(=O)c2c(Cl)cccc21. The van der Waals surface area contributed by atoms with Crippen molar-refractivity contribution >= 4 is 34.6 Å². The van der Waals surface area contributed by atoms with Crippen LogP contribution in [0.3, 0.4) is 0 Å². The standard InChI is InChI=1S/C21H17ClFN3O2/c1-12-10-14(23)6-7-16(12)25-11-26(17-8-9-19(27)24-13(17)2)21(28)20-15(22)4-3-5-18(20)25/h3-10H,11H2,1-2H3,(H,24,27). The second kappa shape index (κ2) is 6.80. The summed E-state index contributed by atoms with van der Waals surface area (Å²) >= 11 is 6.38. The van der Waals surface area contributed by atoms with Crippen LogP contribution in [0.4, 0.5) is 21.5 Å². The number of carbonyl (C=O) groups is 1. The van der Waals surface area contributed by atoms with E-state index in [1.807, 2.05) is 17.9 Å². The van der Waals surface area contributed by atoms with Gasteiger partial charge in [0.2, 0.25) is 5.56 Å². The monoisotopic (exact) mass is 397 g/mol. The first kappa shape index (κ1) is 18.3. The van der Waals surface area contributed by atoms with Gasteiger partial charge in [-0.1, -0.05) is 17.7 Å². The van der Waals surface area contributed by atoms with Gasteiger partial charge < -0.3 is 9.88 Å². The number of aryl methyl sites for hydroxylation is 2. The summed E-state index contributed by atoms with van der Waals surface area (Å²) in [5.74, 6) is -0.583. The van der Waals surface area contributed by atoms with Crippen molar-refractivity contribution in [1.29, 1.82) is 0 Å². The van der Waals surface area contributed by atoms with Gasteiger partial charge in [-0.25, -0.2) is 4.39 Å². The lowest BCUT2D eigenvalue weighted by Crippen LogP contribution is -2.45. The third-order valence-electron chi connectivity index (χ3n) is 4.85. The van der Waals surface area contributed by atoms with E-state index in [1.165, 1.54) is 18.2 Å². The molecule has 0 unspecified atom stereocenters. The van der Waals surface area contributed by atoms with Crippen LogP contribution >= 0.6 is 11.6 Å². The number of fused-ring (bicyclic) bond motifs is 1. The highest BCUT2D eigenvalue weighted by Gasteiger charge is 2.34. The minimum Gasteiger partial charge on any atom is -0.324 e. The maximum absolute atomic E-state index is 13.6. The molecule has 1 amide bonds. The van der Waals surface area contributed by atoms with Gasteiger partial charge in [-0.15, -0.1) is 0 Å². The molecule has 28 heavy (non-hydrogen) atoms. The number of nitrogens with zero attached hydrogens (tertiary/aromatic N) is 2. The van der Waals surface area contributed by atoms with Gasteiger partial charge in [0.05, 0.1) is 22.0 Å². The van der Waals surface area contributed by atoms with Gasteiger partial charge in [0.1, 0.15) is 12.5 Å². The zero-order valence-electron chi connectivity index (χ0n) is 15.3. The Morgan fingerprint density at radius 3 is 2.43 bits per heavy atom. The average molecular weight is 398 g/mol. The first-order chi connectivity index (χ1) is 13.4. The number of H-pyrrole nitrogens is 1. The molecule has 3 aromatic rings. The van der Waals surface area contributed by atoms with E-state index in [-0.39, 0.29) is 24.0 Å². The van der Waals surface area contributed by atoms with Gasteiger partial charge in [0.25, 0.3) is 5.91 Å². The zero-order chi connectivity index (χ0) is 20.0. The van der Waals surface area contributed by atoms with E-state index in [0.29, 0.717) is 27.7 Å². The van der Waals surface area contributed by atoms with Crippen LogP contribution in [-0.2, 0) is 0 Å². The van der Waals surface area contributed by atoms with Crippen LogP contribution in [-0.4, -0.2) is 17.6 Å². The van der Waals surface area contributed by atoms with Crippen LogP contribution in [0.25, 0.3) is 0 Å². The Bertz CT molecular complexity index is 1160. The van der Waals surface area contributed by atoms with E-state index in [2.05, 4.69) is 4.98 Å². The number of hydrogen-bond acceptors (Lipinski definition) is 3. The molecule has 1 aromatic heterocycles. The lowest BCUT2D eigenvalue weighted by molar-refractivity contribution is 0.0983. The number of pyridine rings is 1. The van der Waals surface area contributed by atoms with Crippen molar-refractivity contribution in [2.24, 2.45) is 0 Å². The summed E-state index contributed by atoms with van der Waals surface area (Å²) in [5.41, 5.74) is 3.45. The zero-order valence-corrected chi connectivity index (χ0v) is 16.0. The predicted octanol–water partition coefficient (Wildman–Crippen LogP) is 4.54. The van der Waals surface area contributed by atoms with Crippen LogP contribution in [0.15, 0.2) is 53.3 Å². The Labute approximate surface area is 166 Å². The molecule has 2 aromatic carbocycles. The Morgan fingerprint density at radius 1 is 0.964 bits per heavy atom. The van der Waals surface area contributed by atoms with Crippen LogP contribution in [0.5, 0.6) is 0 Å². The van der Waals surface area contributed by atoms with Crippen molar-refractivity contribution in [3.05, 3.63) is 86.5 Å². The van der Waals surface area contributed by atoms with Crippen molar-refractivity contribution < 1.29 is 9.18 Å². The molecule has 0 radical (unpaired) electrons. The number of benzene rings is 2. The summed E-state index contributed by atoms with van der Waals surface area (Å²) in [6, 6.07) is 12.8. The number of halogens is 2. The van der Waals surface area contributed by atoms with Gasteiger partial charge >= 0.3 is 0 Å².